The van der Waals surface area contributed by atoms with Gasteiger partial charge in [0.2, 0.25) is 0 Å². The molecule has 29 heavy (non-hydrogen) atoms. The molecule has 0 saturated heterocycles. The lowest BCUT2D eigenvalue weighted by Gasteiger charge is -2.27. The number of hydrogen-bond donors (Lipinski definition) is 0. The van der Waals surface area contributed by atoms with E-state index in [9.17, 15) is 9.59 Å². The van der Waals surface area contributed by atoms with Crippen LogP contribution in [0.5, 0.6) is 5.75 Å². The standard InChI is InChI=1S/C22H29N2O4Si/c1-12-10-15(19(28-29)14(3)17(12)21(4,5)6)18-13(2)11-16(25)24(23-18)20(26)27-22(7,8)9/h10-11H,1-9H3. The van der Waals surface area contributed by atoms with Crippen LogP contribution in [0.3, 0.4) is 0 Å². The third kappa shape index (κ3) is 4.78. The number of carbonyl (C=O) groups is 1. The van der Waals surface area contributed by atoms with Crippen molar-refractivity contribution in [2.75, 3.05) is 0 Å². The van der Waals surface area contributed by atoms with E-state index in [1.807, 2.05) is 19.9 Å². The predicted octanol–water partition coefficient (Wildman–Crippen LogP) is 4.38. The molecule has 6 nitrogen and oxygen atoms in total. The Hall–Kier alpha value is -2.41. The first-order valence-corrected chi connectivity index (χ1v) is 9.91. The molecule has 0 atom stereocenters. The van der Waals surface area contributed by atoms with Gasteiger partial charge in [0.25, 0.3) is 5.56 Å². The molecule has 0 spiro atoms. The Bertz CT molecular complexity index is 1010. The minimum Gasteiger partial charge on any atom is -0.540 e. The van der Waals surface area contributed by atoms with Gasteiger partial charge in [-0.05, 0) is 75.3 Å². The monoisotopic (exact) mass is 413 g/mol. The fourth-order valence-corrected chi connectivity index (χ4v) is 3.94. The van der Waals surface area contributed by atoms with Crippen molar-refractivity contribution in [1.29, 1.82) is 0 Å². The molecule has 0 bridgehead atoms. The summed E-state index contributed by atoms with van der Waals surface area (Å²) in [5, 5.41) is 4.34. The van der Waals surface area contributed by atoms with Crippen LogP contribution in [0.1, 0.15) is 63.8 Å². The summed E-state index contributed by atoms with van der Waals surface area (Å²) in [6.07, 6.45) is -0.815. The van der Waals surface area contributed by atoms with E-state index in [2.05, 4.69) is 36.4 Å². The Morgan fingerprint density at radius 2 is 1.62 bits per heavy atom. The number of ether oxygens (including phenoxy) is 1. The Kier molecular flexibility index (Phi) is 6.14. The van der Waals surface area contributed by atoms with E-state index in [0.29, 0.717) is 22.6 Å². The highest BCUT2D eigenvalue weighted by molar-refractivity contribution is 6.01. The maximum atomic E-state index is 12.5. The van der Waals surface area contributed by atoms with Gasteiger partial charge >= 0.3 is 16.6 Å². The molecule has 1 aromatic carbocycles. The van der Waals surface area contributed by atoms with Crippen LogP contribution in [-0.2, 0) is 10.2 Å². The smallest absolute Gasteiger partial charge is 0.438 e. The van der Waals surface area contributed by atoms with Gasteiger partial charge in [0.15, 0.2) is 0 Å². The quantitative estimate of drug-likeness (QED) is 0.684. The molecule has 155 valence electrons. The zero-order valence-electron chi connectivity index (χ0n) is 18.7. The molecule has 2 aromatic rings. The van der Waals surface area contributed by atoms with Crippen LogP contribution in [0.2, 0.25) is 0 Å². The second kappa shape index (κ2) is 7.78. The fraction of sp³-hybridized carbons (Fsp3) is 0.500. The Balaban J connectivity index is 2.77. The van der Waals surface area contributed by atoms with Gasteiger partial charge in [-0.25, -0.2) is 4.79 Å². The SMILES string of the molecule is Cc1cc(=O)n(C(=O)OC(C)(C)C)nc1-c1cc(C)c(C(C)(C)C)c(C)c1O[Si]. The van der Waals surface area contributed by atoms with Crippen molar-refractivity contribution in [3.05, 3.63) is 44.7 Å². The highest BCUT2D eigenvalue weighted by Gasteiger charge is 2.26. The summed E-state index contributed by atoms with van der Waals surface area (Å²) in [5.74, 6) is 0.599. The lowest BCUT2D eigenvalue weighted by molar-refractivity contribution is 0.0506. The molecule has 0 amide bonds. The van der Waals surface area contributed by atoms with E-state index in [1.165, 1.54) is 11.6 Å². The number of carbonyl (C=O) groups excluding carboxylic acids is 1. The highest BCUT2D eigenvalue weighted by atomic mass is 28.2. The first-order valence-electron chi connectivity index (χ1n) is 9.50. The zero-order valence-corrected chi connectivity index (χ0v) is 19.7. The summed E-state index contributed by atoms with van der Waals surface area (Å²) in [4.78, 5) is 24.9. The molecule has 0 unspecified atom stereocenters. The van der Waals surface area contributed by atoms with Crippen molar-refractivity contribution in [1.82, 2.24) is 9.78 Å². The number of benzene rings is 1. The number of aromatic nitrogens is 2. The molecule has 3 radical (unpaired) electrons. The van der Waals surface area contributed by atoms with Gasteiger partial charge in [0, 0.05) is 11.6 Å². The molecule has 1 heterocycles. The number of nitrogens with zero attached hydrogens (tertiary/aromatic N) is 2. The average molecular weight is 414 g/mol. The average Bonchev–Trinajstić information content (AvgIpc) is 2.51. The van der Waals surface area contributed by atoms with E-state index in [-0.39, 0.29) is 5.41 Å². The Morgan fingerprint density at radius 3 is 2.10 bits per heavy atom. The molecule has 0 N–H and O–H groups in total. The normalized spacial score (nSPS) is 12.1. The molecular weight excluding hydrogens is 384 g/mol. The first-order chi connectivity index (χ1) is 13.2. The number of rotatable bonds is 2. The summed E-state index contributed by atoms with van der Waals surface area (Å²) < 4.78 is 11.6. The summed E-state index contributed by atoms with van der Waals surface area (Å²) >= 11 is 0. The van der Waals surface area contributed by atoms with Crippen LogP contribution >= 0.6 is 0 Å². The summed E-state index contributed by atoms with van der Waals surface area (Å²) in [6, 6.07) is 3.36. The van der Waals surface area contributed by atoms with E-state index in [1.54, 1.807) is 27.7 Å². The van der Waals surface area contributed by atoms with E-state index < -0.39 is 17.3 Å². The third-order valence-corrected chi connectivity index (χ3v) is 4.72. The minimum atomic E-state index is -0.815. The van der Waals surface area contributed by atoms with Gasteiger partial charge < -0.3 is 9.16 Å². The zero-order chi connectivity index (χ0) is 22.3. The van der Waals surface area contributed by atoms with E-state index in [0.717, 1.165) is 15.8 Å². The summed E-state index contributed by atoms with van der Waals surface area (Å²) in [6.45, 7) is 17.4. The van der Waals surface area contributed by atoms with Crippen LogP contribution in [0, 0.1) is 20.8 Å². The van der Waals surface area contributed by atoms with Gasteiger partial charge in [-0.2, -0.15) is 5.10 Å². The molecule has 0 aliphatic carbocycles. The predicted molar refractivity (Wildman–Crippen MR) is 115 cm³/mol. The van der Waals surface area contributed by atoms with Crippen LogP contribution in [0.25, 0.3) is 11.3 Å². The van der Waals surface area contributed by atoms with Crippen molar-refractivity contribution in [2.45, 2.75) is 73.3 Å². The van der Waals surface area contributed by atoms with E-state index in [4.69, 9.17) is 9.16 Å². The lowest BCUT2D eigenvalue weighted by Crippen LogP contribution is -2.35. The first kappa shape index (κ1) is 22.9. The minimum absolute atomic E-state index is 0.0794. The van der Waals surface area contributed by atoms with Crippen LogP contribution < -0.4 is 9.99 Å². The molecule has 0 fully saturated rings. The van der Waals surface area contributed by atoms with E-state index >= 15 is 0 Å². The van der Waals surface area contributed by atoms with Gasteiger partial charge in [-0.1, -0.05) is 20.8 Å². The lowest BCUT2D eigenvalue weighted by atomic mass is 9.79. The van der Waals surface area contributed by atoms with Crippen molar-refractivity contribution < 1.29 is 14.0 Å². The van der Waals surface area contributed by atoms with Crippen molar-refractivity contribution in [3.8, 4) is 17.0 Å². The summed E-state index contributed by atoms with van der Waals surface area (Å²) in [5.41, 5.74) is 3.68. The highest BCUT2D eigenvalue weighted by Crippen LogP contribution is 2.40. The van der Waals surface area contributed by atoms with Crippen LogP contribution in [-0.4, -0.2) is 32.0 Å². The molecule has 0 saturated carbocycles. The number of aryl methyl sites for hydroxylation is 2. The van der Waals surface area contributed by atoms with Crippen molar-refractivity contribution in [2.24, 2.45) is 0 Å². The van der Waals surface area contributed by atoms with Gasteiger partial charge in [0.1, 0.15) is 11.4 Å². The largest absolute Gasteiger partial charge is 0.540 e. The molecular formula is C22H29N2O4Si. The number of hydrogen-bond acceptors (Lipinski definition) is 5. The van der Waals surface area contributed by atoms with Gasteiger partial charge in [0.05, 0.1) is 5.69 Å². The van der Waals surface area contributed by atoms with Gasteiger partial charge in [-0.15, -0.1) is 4.68 Å². The summed E-state index contributed by atoms with van der Waals surface area (Å²) in [7, 11) is 3.18. The van der Waals surface area contributed by atoms with Crippen molar-refractivity contribution >= 4 is 16.6 Å². The maximum absolute atomic E-state index is 12.5. The second-order valence-electron chi connectivity index (χ2n) is 9.33. The molecule has 0 aliphatic rings. The molecule has 2 rings (SSSR count). The van der Waals surface area contributed by atoms with Crippen LogP contribution in [0.15, 0.2) is 16.9 Å². The van der Waals surface area contributed by atoms with Gasteiger partial charge in [-0.3, -0.25) is 4.79 Å². The Labute approximate surface area is 175 Å². The van der Waals surface area contributed by atoms with Crippen LogP contribution in [0.4, 0.5) is 4.79 Å². The van der Waals surface area contributed by atoms with Crippen molar-refractivity contribution in [3.63, 3.8) is 0 Å². The molecule has 0 aliphatic heterocycles. The maximum Gasteiger partial charge on any atom is 0.438 e. The fourth-order valence-electron chi connectivity index (χ4n) is 3.67. The second-order valence-corrected chi connectivity index (χ2v) is 9.53. The third-order valence-electron chi connectivity index (χ3n) is 4.51. The molecule has 7 heteroatoms. The molecule has 1 aromatic heterocycles. The topological polar surface area (TPSA) is 70.4 Å². The Morgan fingerprint density at radius 1 is 1.03 bits per heavy atom.